The van der Waals surface area contributed by atoms with E-state index < -0.39 is 0 Å². The first-order chi connectivity index (χ1) is 13.2. The number of likely N-dealkylation sites (N-methyl/N-ethyl adjacent to an activating group) is 1. The Morgan fingerprint density at radius 3 is 2.64 bits per heavy atom. The molecule has 0 aromatic heterocycles. The van der Waals surface area contributed by atoms with Crippen LogP contribution in [-0.2, 0) is 0 Å². The first kappa shape index (κ1) is 19.7. The van der Waals surface area contributed by atoms with Crippen LogP contribution in [-0.4, -0.2) is 31.8 Å². The van der Waals surface area contributed by atoms with Crippen molar-refractivity contribution < 1.29 is 9.53 Å². The van der Waals surface area contributed by atoms with E-state index in [0.29, 0.717) is 11.3 Å². The number of methoxy groups -OCH3 is 1. The Balaban J connectivity index is 1.78. The summed E-state index contributed by atoms with van der Waals surface area (Å²) in [5.41, 5.74) is 8.58. The van der Waals surface area contributed by atoms with Gasteiger partial charge in [-0.25, -0.2) is 5.43 Å². The van der Waals surface area contributed by atoms with Crippen LogP contribution in [0.15, 0.2) is 47.6 Å². The number of ether oxygens (including phenoxy) is 1. The fourth-order valence-electron chi connectivity index (χ4n) is 3.47. The van der Waals surface area contributed by atoms with E-state index in [2.05, 4.69) is 61.5 Å². The molecule has 0 radical (unpaired) electrons. The molecule has 0 unspecified atom stereocenters. The van der Waals surface area contributed by atoms with Crippen molar-refractivity contribution >= 4 is 23.4 Å². The quantitative estimate of drug-likeness (QED) is 0.635. The SMILES string of the molecule is COc1cc(C)ccc1C(=O)N/N=C\c1ccc2c(c1)C(C)=CC(C)(C)N2C. The van der Waals surface area contributed by atoms with Crippen LogP contribution in [0.25, 0.3) is 5.57 Å². The highest BCUT2D eigenvalue weighted by Crippen LogP contribution is 2.37. The molecule has 0 spiro atoms. The summed E-state index contributed by atoms with van der Waals surface area (Å²) in [4.78, 5) is 14.7. The van der Waals surface area contributed by atoms with Gasteiger partial charge in [-0.05, 0) is 68.7 Å². The molecule has 1 aliphatic rings. The van der Waals surface area contributed by atoms with Crippen LogP contribution in [0.4, 0.5) is 5.69 Å². The summed E-state index contributed by atoms with van der Waals surface area (Å²) in [5.74, 6) is 0.233. The molecule has 2 aromatic carbocycles. The van der Waals surface area contributed by atoms with Gasteiger partial charge in [0.15, 0.2) is 0 Å². The molecule has 0 saturated carbocycles. The third kappa shape index (κ3) is 3.79. The number of fused-ring (bicyclic) bond motifs is 1. The maximum atomic E-state index is 12.4. The van der Waals surface area contributed by atoms with Crippen molar-refractivity contribution in [1.82, 2.24) is 5.43 Å². The summed E-state index contributed by atoms with van der Waals surface area (Å²) in [6, 6.07) is 11.6. The molecule has 5 heteroatoms. The maximum Gasteiger partial charge on any atom is 0.275 e. The zero-order valence-electron chi connectivity index (χ0n) is 17.3. The molecule has 0 bridgehead atoms. The highest BCUT2D eigenvalue weighted by molar-refractivity contribution is 5.97. The average molecular weight is 377 g/mol. The second kappa shape index (κ2) is 7.50. The van der Waals surface area contributed by atoms with E-state index in [4.69, 9.17) is 4.74 Å². The van der Waals surface area contributed by atoms with Gasteiger partial charge in [0.1, 0.15) is 5.75 Å². The van der Waals surface area contributed by atoms with E-state index in [1.807, 2.05) is 25.1 Å². The molecule has 0 fully saturated rings. The number of carbonyl (C=O) groups excluding carboxylic acids is 1. The van der Waals surface area contributed by atoms with Gasteiger partial charge in [0.2, 0.25) is 0 Å². The Hall–Kier alpha value is -3.08. The summed E-state index contributed by atoms with van der Waals surface area (Å²) >= 11 is 0. The first-order valence-electron chi connectivity index (χ1n) is 9.28. The summed E-state index contributed by atoms with van der Waals surface area (Å²) in [6.45, 7) is 8.47. The highest BCUT2D eigenvalue weighted by Gasteiger charge is 2.28. The smallest absolute Gasteiger partial charge is 0.275 e. The fourth-order valence-corrected chi connectivity index (χ4v) is 3.47. The molecule has 2 aromatic rings. The number of nitrogens with one attached hydrogen (secondary N) is 1. The van der Waals surface area contributed by atoms with Gasteiger partial charge in [-0.1, -0.05) is 18.2 Å². The van der Waals surface area contributed by atoms with Gasteiger partial charge in [-0.2, -0.15) is 5.10 Å². The predicted molar refractivity (Wildman–Crippen MR) is 115 cm³/mol. The van der Waals surface area contributed by atoms with Crippen molar-refractivity contribution in [3.63, 3.8) is 0 Å². The molecule has 1 heterocycles. The summed E-state index contributed by atoms with van der Waals surface area (Å²) in [5, 5.41) is 4.12. The lowest BCUT2D eigenvalue weighted by Crippen LogP contribution is -2.42. The number of nitrogens with zero attached hydrogens (tertiary/aromatic N) is 2. The number of rotatable bonds is 4. The van der Waals surface area contributed by atoms with E-state index >= 15 is 0 Å². The molecule has 1 N–H and O–H groups in total. The molecule has 5 nitrogen and oxygen atoms in total. The lowest BCUT2D eigenvalue weighted by Gasteiger charge is -2.40. The van der Waals surface area contributed by atoms with Gasteiger partial charge in [-0.15, -0.1) is 0 Å². The molecule has 0 saturated heterocycles. The second-order valence-corrected chi connectivity index (χ2v) is 7.72. The molecule has 28 heavy (non-hydrogen) atoms. The Kier molecular flexibility index (Phi) is 5.27. The van der Waals surface area contributed by atoms with Crippen molar-refractivity contribution in [3.05, 3.63) is 64.7 Å². The Morgan fingerprint density at radius 1 is 1.18 bits per heavy atom. The van der Waals surface area contributed by atoms with E-state index in [1.54, 1.807) is 19.4 Å². The minimum atomic E-state index is -0.302. The van der Waals surface area contributed by atoms with Crippen molar-refractivity contribution in [1.29, 1.82) is 0 Å². The number of amides is 1. The molecule has 1 aliphatic heterocycles. The second-order valence-electron chi connectivity index (χ2n) is 7.72. The molecule has 146 valence electrons. The number of carbonyl (C=O) groups is 1. The molecular formula is C23H27N3O2. The topological polar surface area (TPSA) is 53.9 Å². The molecule has 1 amide bonds. The van der Waals surface area contributed by atoms with Crippen molar-refractivity contribution in [2.75, 3.05) is 19.1 Å². The third-order valence-electron chi connectivity index (χ3n) is 5.22. The standard InChI is InChI=1S/C23H27N3O2/c1-15-7-9-18(21(11-15)28-6)22(27)25-24-14-17-8-10-20-19(12-17)16(2)13-23(3,4)26(20)5/h7-14H,1-6H3,(H,25,27)/b24-14-. The largest absolute Gasteiger partial charge is 0.496 e. The number of hydrogen-bond donors (Lipinski definition) is 1. The van der Waals surface area contributed by atoms with Gasteiger partial charge in [0.25, 0.3) is 5.91 Å². The minimum Gasteiger partial charge on any atom is -0.496 e. The van der Waals surface area contributed by atoms with Crippen molar-refractivity contribution in [3.8, 4) is 5.75 Å². The number of anilines is 1. The Labute approximate surface area is 166 Å². The first-order valence-corrected chi connectivity index (χ1v) is 9.28. The molecule has 0 atom stereocenters. The van der Waals surface area contributed by atoms with Crippen LogP contribution in [0, 0.1) is 6.92 Å². The lowest BCUT2D eigenvalue weighted by atomic mass is 9.89. The third-order valence-corrected chi connectivity index (χ3v) is 5.22. The number of hydrogen-bond acceptors (Lipinski definition) is 4. The van der Waals surface area contributed by atoms with E-state index in [-0.39, 0.29) is 11.4 Å². The van der Waals surface area contributed by atoms with Crippen LogP contribution < -0.4 is 15.1 Å². The van der Waals surface area contributed by atoms with Crippen LogP contribution in [0.3, 0.4) is 0 Å². The van der Waals surface area contributed by atoms with Gasteiger partial charge in [-0.3, -0.25) is 4.79 Å². The highest BCUT2D eigenvalue weighted by atomic mass is 16.5. The summed E-state index contributed by atoms with van der Waals surface area (Å²) in [7, 11) is 3.65. The fraction of sp³-hybridized carbons (Fsp3) is 0.304. The number of allylic oxidation sites excluding steroid dienone is 1. The molecule has 0 aliphatic carbocycles. The van der Waals surface area contributed by atoms with Gasteiger partial charge in [0, 0.05) is 18.3 Å². The van der Waals surface area contributed by atoms with Crippen molar-refractivity contribution in [2.45, 2.75) is 33.2 Å². The van der Waals surface area contributed by atoms with E-state index in [1.165, 1.54) is 16.8 Å². The predicted octanol–water partition coefficient (Wildman–Crippen LogP) is 4.40. The normalized spacial score (nSPS) is 15.2. The van der Waals surface area contributed by atoms with Crippen LogP contribution in [0.1, 0.15) is 47.8 Å². The number of benzene rings is 2. The Morgan fingerprint density at radius 2 is 1.93 bits per heavy atom. The maximum absolute atomic E-state index is 12.4. The van der Waals surface area contributed by atoms with Crippen LogP contribution in [0.2, 0.25) is 0 Å². The van der Waals surface area contributed by atoms with Crippen LogP contribution >= 0.6 is 0 Å². The summed E-state index contributed by atoms with van der Waals surface area (Å²) < 4.78 is 5.29. The van der Waals surface area contributed by atoms with Crippen molar-refractivity contribution in [2.24, 2.45) is 5.10 Å². The zero-order chi connectivity index (χ0) is 20.5. The molecular weight excluding hydrogens is 350 g/mol. The average Bonchev–Trinajstić information content (AvgIpc) is 2.65. The van der Waals surface area contributed by atoms with Gasteiger partial charge < -0.3 is 9.64 Å². The lowest BCUT2D eigenvalue weighted by molar-refractivity contribution is 0.0952. The monoisotopic (exact) mass is 377 g/mol. The van der Waals surface area contributed by atoms with E-state index in [0.717, 1.165) is 11.1 Å². The van der Waals surface area contributed by atoms with Gasteiger partial charge >= 0.3 is 0 Å². The number of aryl methyl sites for hydroxylation is 1. The number of hydrazone groups is 1. The minimum absolute atomic E-state index is 0.0201. The van der Waals surface area contributed by atoms with Gasteiger partial charge in [0.05, 0.1) is 24.4 Å². The Bertz CT molecular complexity index is 974. The summed E-state index contributed by atoms with van der Waals surface area (Å²) in [6.07, 6.45) is 3.92. The van der Waals surface area contributed by atoms with E-state index in [9.17, 15) is 4.79 Å². The molecule has 3 rings (SSSR count). The zero-order valence-corrected chi connectivity index (χ0v) is 17.3. The van der Waals surface area contributed by atoms with Crippen LogP contribution in [0.5, 0.6) is 5.75 Å².